The van der Waals surface area contributed by atoms with Crippen LogP contribution in [-0.4, -0.2) is 44.0 Å². The summed E-state index contributed by atoms with van der Waals surface area (Å²) in [5.41, 5.74) is 3.11. The highest BCUT2D eigenvalue weighted by Crippen LogP contribution is 2.38. The van der Waals surface area contributed by atoms with E-state index < -0.39 is 0 Å². The summed E-state index contributed by atoms with van der Waals surface area (Å²) in [7, 11) is 0. The van der Waals surface area contributed by atoms with Gasteiger partial charge in [-0.3, -0.25) is 9.36 Å². The van der Waals surface area contributed by atoms with Gasteiger partial charge in [0.05, 0.1) is 18.6 Å². The van der Waals surface area contributed by atoms with Gasteiger partial charge in [0.25, 0.3) is 0 Å². The van der Waals surface area contributed by atoms with Crippen LogP contribution in [0.4, 0.5) is 5.95 Å². The normalized spacial score (nSPS) is 16.5. The molecule has 5 rings (SSSR count). The molecule has 0 amide bonds. The van der Waals surface area contributed by atoms with E-state index in [4.69, 9.17) is 4.42 Å². The summed E-state index contributed by atoms with van der Waals surface area (Å²) in [5, 5.41) is 9.64. The molecule has 2 aliphatic rings. The first kappa shape index (κ1) is 19.5. The van der Waals surface area contributed by atoms with Crippen molar-refractivity contribution in [1.82, 2.24) is 19.3 Å². The summed E-state index contributed by atoms with van der Waals surface area (Å²) in [6.07, 6.45) is 6.46. The fraction of sp³-hybridized carbons (Fsp3) is 0.500. The molecule has 1 saturated heterocycles. The molecular formula is C22H27N5O2S. The van der Waals surface area contributed by atoms with Crippen LogP contribution < -0.4 is 4.90 Å². The minimum Gasteiger partial charge on any atom is -0.467 e. The van der Waals surface area contributed by atoms with Gasteiger partial charge in [-0.05, 0) is 57.7 Å². The minimum atomic E-state index is 0.148. The average Bonchev–Trinajstić information content (AvgIpc) is 3.17. The lowest BCUT2D eigenvalue weighted by Crippen LogP contribution is -2.22. The number of Topliss-reactive ketones (excluding diaryl/α,β-unsaturated/α-hetero) is 1. The second-order valence-corrected chi connectivity index (χ2v) is 9.18. The van der Waals surface area contributed by atoms with Gasteiger partial charge < -0.3 is 13.9 Å². The third-order valence-electron chi connectivity index (χ3n) is 6.01. The molecule has 7 nitrogen and oxygen atoms in total. The van der Waals surface area contributed by atoms with Crippen molar-refractivity contribution in [2.24, 2.45) is 0 Å². The Bertz CT molecular complexity index is 1040. The van der Waals surface area contributed by atoms with E-state index in [0.29, 0.717) is 18.3 Å². The molecule has 1 aliphatic carbocycles. The van der Waals surface area contributed by atoms with E-state index in [1.807, 2.05) is 18.2 Å². The van der Waals surface area contributed by atoms with Gasteiger partial charge in [-0.15, -0.1) is 10.2 Å². The molecule has 30 heavy (non-hydrogen) atoms. The number of hydrogen-bond donors (Lipinski definition) is 0. The number of carbonyl (C=O) groups excluding carboxylic acids is 1. The van der Waals surface area contributed by atoms with Gasteiger partial charge >= 0.3 is 0 Å². The van der Waals surface area contributed by atoms with Crippen molar-refractivity contribution in [3.05, 3.63) is 47.2 Å². The number of aromatic nitrogens is 4. The van der Waals surface area contributed by atoms with Crippen LogP contribution in [0.5, 0.6) is 0 Å². The first-order chi connectivity index (χ1) is 14.6. The third-order valence-corrected chi connectivity index (χ3v) is 6.98. The van der Waals surface area contributed by atoms with Crippen LogP contribution in [0.2, 0.25) is 0 Å². The Morgan fingerprint density at radius 2 is 2.03 bits per heavy atom. The average molecular weight is 426 g/mol. The Kier molecular flexibility index (Phi) is 5.18. The largest absolute Gasteiger partial charge is 0.467 e. The number of anilines is 1. The first-order valence-corrected chi connectivity index (χ1v) is 11.7. The molecule has 0 bridgehead atoms. The molecule has 8 heteroatoms. The highest BCUT2D eigenvalue weighted by molar-refractivity contribution is 7.99. The Balaban J connectivity index is 1.35. The molecule has 0 atom stereocenters. The van der Waals surface area contributed by atoms with E-state index in [-0.39, 0.29) is 5.78 Å². The molecular weight excluding hydrogens is 398 g/mol. The van der Waals surface area contributed by atoms with Crippen LogP contribution >= 0.6 is 11.8 Å². The Labute approximate surface area is 180 Å². The predicted molar refractivity (Wildman–Crippen MR) is 117 cm³/mol. The summed E-state index contributed by atoms with van der Waals surface area (Å²) < 4.78 is 9.96. The highest BCUT2D eigenvalue weighted by Gasteiger charge is 2.29. The molecule has 2 fully saturated rings. The van der Waals surface area contributed by atoms with Crippen molar-refractivity contribution in [2.45, 2.75) is 57.3 Å². The zero-order valence-electron chi connectivity index (χ0n) is 17.5. The maximum Gasteiger partial charge on any atom is 0.228 e. The summed E-state index contributed by atoms with van der Waals surface area (Å²) in [6.45, 7) is 6.71. The fourth-order valence-electron chi connectivity index (χ4n) is 4.40. The van der Waals surface area contributed by atoms with Gasteiger partial charge in [-0.25, -0.2) is 0 Å². The van der Waals surface area contributed by atoms with Crippen LogP contribution in [-0.2, 0) is 6.54 Å². The number of nitrogens with zero attached hydrogens (tertiary/aromatic N) is 5. The number of rotatable bonds is 8. The summed E-state index contributed by atoms with van der Waals surface area (Å²) in [4.78, 5) is 15.3. The Morgan fingerprint density at radius 3 is 2.73 bits per heavy atom. The number of ketones is 1. The molecule has 0 spiro atoms. The maximum atomic E-state index is 13.0. The van der Waals surface area contributed by atoms with Crippen molar-refractivity contribution in [3.63, 3.8) is 0 Å². The van der Waals surface area contributed by atoms with Gasteiger partial charge in [-0.1, -0.05) is 11.8 Å². The lowest BCUT2D eigenvalue weighted by Gasteiger charge is -2.17. The van der Waals surface area contributed by atoms with Gasteiger partial charge in [0.2, 0.25) is 5.95 Å². The summed E-state index contributed by atoms with van der Waals surface area (Å²) in [6, 6.07) is 6.47. The Hall–Kier alpha value is -2.48. The molecule has 0 aromatic carbocycles. The molecule has 0 N–H and O–H groups in total. The van der Waals surface area contributed by atoms with Crippen molar-refractivity contribution < 1.29 is 9.21 Å². The molecule has 4 heterocycles. The van der Waals surface area contributed by atoms with E-state index in [1.165, 1.54) is 43.1 Å². The second kappa shape index (κ2) is 7.98. The van der Waals surface area contributed by atoms with Crippen molar-refractivity contribution >= 4 is 23.5 Å². The number of thioether (sulfide) groups is 1. The predicted octanol–water partition coefficient (Wildman–Crippen LogP) is 4.25. The maximum absolute atomic E-state index is 13.0. The van der Waals surface area contributed by atoms with E-state index in [0.717, 1.165) is 41.2 Å². The van der Waals surface area contributed by atoms with E-state index in [9.17, 15) is 4.79 Å². The van der Waals surface area contributed by atoms with Crippen LogP contribution in [0.15, 0.2) is 34.0 Å². The van der Waals surface area contributed by atoms with E-state index in [1.54, 1.807) is 6.26 Å². The number of aryl methyl sites for hydroxylation is 1. The third kappa shape index (κ3) is 3.69. The van der Waals surface area contributed by atoms with Crippen LogP contribution in [0.3, 0.4) is 0 Å². The molecule has 3 aromatic heterocycles. The molecule has 158 valence electrons. The van der Waals surface area contributed by atoms with Gasteiger partial charge in [0.15, 0.2) is 10.9 Å². The lowest BCUT2D eigenvalue weighted by atomic mass is 10.2. The molecule has 1 aliphatic heterocycles. The molecule has 0 radical (unpaired) electrons. The van der Waals surface area contributed by atoms with E-state index >= 15 is 0 Å². The SMILES string of the molecule is Cc1cc(C(=O)CSc2nnc(N3CCCC3)n2Cc2ccco2)c(C)n1C1CC1. The highest BCUT2D eigenvalue weighted by atomic mass is 32.2. The minimum absolute atomic E-state index is 0.148. The quantitative estimate of drug-likeness (QED) is 0.397. The summed E-state index contributed by atoms with van der Waals surface area (Å²) >= 11 is 1.46. The van der Waals surface area contributed by atoms with Crippen LogP contribution in [0.25, 0.3) is 0 Å². The van der Waals surface area contributed by atoms with E-state index in [2.05, 4.69) is 38.1 Å². The van der Waals surface area contributed by atoms with Crippen molar-refractivity contribution in [3.8, 4) is 0 Å². The standard InChI is InChI=1S/C22H27N5O2S/c1-15-12-19(16(2)27(15)17-7-8-17)20(28)14-30-22-24-23-21(25-9-3-4-10-25)26(22)13-18-6-5-11-29-18/h5-6,11-12,17H,3-4,7-10,13-14H2,1-2H3. The zero-order chi connectivity index (χ0) is 20.7. The van der Waals surface area contributed by atoms with Gasteiger partial charge in [0, 0.05) is 36.1 Å². The topological polar surface area (TPSA) is 69.1 Å². The molecule has 3 aromatic rings. The fourth-order valence-corrected chi connectivity index (χ4v) is 5.21. The number of carbonyl (C=O) groups is 1. The van der Waals surface area contributed by atoms with Crippen molar-refractivity contribution in [1.29, 1.82) is 0 Å². The van der Waals surface area contributed by atoms with Crippen LogP contribution in [0, 0.1) is 13.8 Å². The molecule has 0 unspecified atom stereocenters. The van der Waals surface area contributed by atoms with Gasteiger partial charge in [0.1, 0.15) is 5.76 Å². The smallest absolute Gasteiger partial charge is 0.228 e. The zero-order valence-corrected chi connectivity index (χ0v) is 18.3. The van der Waals surface area contributed by atoms with Crippen molar-refractivity contribution in [2.75, 3.05) is 23.7 Å². The summed E-state index contributed by atoms with van der Waals surface area (Å²) in [5.74, 6) is 2.23. The first-order valence-electron chi connectivity index (χ1n) is 10.7. The number of hydrogen-bond acceptors (Lipinski definition) is 6. The monoisotopic (exact) mass is 425 g/mol. The Morgan fingerprint density at radius 1 is 1.23 bits per heavy atom. The lowest BCUT2D eigenvalue weighted by molar-refractivity contribution is 0.102. The van der Waals surface area contributed by atoms with Crippen LogP contribution in [0.1, 0.15) is 59.2 Å². The molecule has 1 saturated carbocycles. The number of furan rings is 1. The van der Waals surface area contributed by atoms with Gasteiger partial charge in [-0.2, -0.15) is 0 Å². The second-order valence-electron chi connectivity index (χ2n) is 8.24.